The largest absolute Gasteiger partial charge is 0.459 e. The van der Waals surface area contributed by atoms with Crippen molar-refractivity contribution < 1.29 is 9.15 Å². The second-order valence-corrected chi connectivity index (χ2v) is 6.24. The predicted octanol–water partition coefficient (Wildman–Crippen LogP) is 4.14. The SMILES string of the molecule is CCNC(c1cc2ccccc2o1)C(OC)C(C)(C)C. The lowest BCUT2D eigenvalue weighted by Crippen LogP contribution is -2.41. The summed E-state index contributed by atoms with van der Waals surface area (Å²) < 4.78 is 11.8. The van der Waals surface area contributed by atoms with Crippen LogP contribution in [0.5, 0.6) is 0 Å². The summed E-state index contributed by atoms with van der Waals surface area (Å²) in [6.07, 6.45) is 0.0445. The van der Waals surface area contributed by atoms with Gasteiger partial charge in [-0.05, 0) is 24.1 Å². The quantitative estimate of drug-likeness (QED) is 0.890. The van der Waals surface area contributed by atoms with Gasteiger partial charge in [-0.3, -0.25) is 0 Å². The number of benzene rings is 1. The first kappa shape index (κ1) is 15.1. The second-order valence-electron chi connectivity index (χ2n) is 6.24. The van der Waals surface area contributed by atoms with E-state index in [9.17, 15) is 0 Å². The minimum absolute atomic E-state index is 0.0283. The molecule has 0 spiro atoms. The van der Waals surface area contributed by atoms with E-state index in [4.69, 9.17) is 9.15 Å². The molecular formula is C17H25NO2. The van der Waals surface area contributed by atoms with Crippen LogP contribution in [-0.2, 0) is 4.74 Å². The molecule has 1 aromatic carbocycles. The molecule has 0 saturated carbocycles. The third-order valence-electron chi connectivity index (χ3n) is 3.59. The van der Waals surface area contributed by atoms with Gasteiger partial charge in [0.2, 0.25) is 0 Å². The molecule has 3 heteroatoms. The lowest BCUT2D eigenvalue weighted by atomic mass is 9.83. The van der Waals surface area contributed by atoms with Gasteiger partial charge in [0.05, 0.1) is 12.1 Å². The van der Waals surface area contributed by atoms with Crippen molar-refractivity contribution in [3.63, 3.8) is 0 Å². The zero-order valence-electron chi connectivity index (χ0n) is 13.1. The fourth-order valence-corrected chi connectivity index (χ4v) is 2.72. The number of rotatable bonds is 5. The van der Waals surface area contributed by atoms with E-state index in [1.54, 1.807) is 7.11 Å². The molecule has 20 heavy (non-hydrogen) atoms. The second kappa shape index (κ2) is 5.98. The maximum absolute atomic E-state index is 6.02. The molecule has 1 heterocycles. The molecule has 1 N–H and O–H groups in total. The maximum Gasteiger partial charge on any atom is 0.134 e. The van der Waals surface area contributed by atoms with Gasteiger partial charge in [-0.25, -0.2) is 0 Å². The fourth-order valence-electron chi connectivity index (χ4n) is 2.72. The van der Waals surface area contributed by atoms with Crippen LogP contribution in [0.3, 0.4) is 0 Å². The third kappa shape index (κ3) is 3.05. The summed E-state index contributed by atoms with van der Waals surface area (Å²) in [7, 11) is 1.77. The highest BCUT2D eigenvalue weighted by Gasteiger charge is 2.34. The lowest BCUT2D eigenvalue weighted by molar-refractivity contribution is -0.0162. The monoisotopic (exact) mass is 275 g/mol. The maximum atomic E-state index is 6.02. The first-order valence-electron chi connectivity index (χ1n) is 7.22. The van der Waals surface area contributed by atoms with Crippen LogP contribution in [0.1, 0.15) is 39.5 Å². The molecule has 3 nitrogen and oxygen atoms in total. The summed E-state index contributed by atoms with van der Waals surface area (Å²) in [5, 5.41) is 4.63. The Bertz CT molecular complexity index is 520. The zero-order valence-corrected chi connectivity index (χ0v) is 13.1. The van der Waals surface area contributed by atoms with Gasteiger partial charge >= 0.3 is 0 Å². The standard InChI is InChI=1S/C17H25NO2/c1-6-18-15(16(19-5)17(2,3)4)14-11-12-9-7-8-10-13(12)20-14/h7-11,15-16,18H,6H2,1-5H3. The van der Waals surface area contributed by atoms with Gasteiger partial charge in [0, 0.05) is 12.5 Å². The van der Waals surface area contributed by atoms with Crippen molar-refractivity contribution in [3.8, 4) is 0 Å². The van der Waals surface area contributed by atoms with E-state index < -0.39 is 0 Å². The summed E-state index contributed by atoms with van der Waals surface area (Å²) in [5.41, 5.74) is 0.953. The normalized spacial score (nSPS) is 15.4. The Hall–Kier alpha value is -1.32. The fraction of sp³-hybridized carbons (Fsp3) is 0.529. The Kier molecular flexibility index (Phi) is 4.51. The average Bonchev–Trinajstić information content (AvgIpc) is 2.80. The number of furan rings is 1. The number of ether oxygens (including phenoxy) is 1. The highest BCUT2D eigenvalue weighted by Crippen LogP contribution is 2.34. The van der Waals surface area contributed by atoms with E-state index in [2.05, 4.69) is 45.1 Å². The molecule has 2 rings (SSSR count). The first-order valence-corrected chi connectivity index (χ1v) is 7.22. The van der Waals surface area contributed by atoms with Crippen LogP contribution in [0.15, 0.2) is 34.7 Å². The number of hydrogen-bond acceptors (Lipinski definition) is 3. The molecule has 1 aromatic heterocycles. The highest BCUT2D eigenvalue weighted by molar-refractivity contribution is 5.77. The number of fused-ring (bicyclic) bond motifs is 1. The highest BCUT2D eigenvalue weighted by atomic mass is 16.5. The van der Waals surface area contributed by atoms with E-state index in [1.165, 1.54) is 0 Å². The third-order valence-corrected chi connectivity index (χ3v) is 3.59. The number of methoxy groups -OCH3 is 1. The predicted molar refractivity (Wildman–Crippen MR) is 82.9 cm³/mol. The zero-order chi connectivity index (χ0) is 14.8. The number of likely N-dealkylation sites (N-methyl/N-ethyl adjacent to an activating group) is 1. The van der Waals surface area contributed by atoms with Crippen molar-refractivity contribution in [1.29, 1.82) is 0 Å². The van der Waals surface area contributed by atoms with Crippen molar-refractivity contribution in [2.45, 2.75) is 39.8 Å². The Morgan fingerprint density at radius 1 is 1.25 bits per heavy atom. The van der Waals surface area contributed by atoms with Crippen LogP contribution < -0.4 is 5.32 Å². The Morgan fingerprint density at radius 3 is 2.50 bits per heavy atom. The van der Waals surface area contributed by atoms with Crippen LogP contribution in [0.25, 0.3) is 11.0 Å². The van der Waals surface area contributed by atoms with E-state index in [0.717, 1.165) is 23.3 Å². The topological polar surface area (TPSA) is 34.4 Å². The molecule has 0 fully saturated rings. The molecular weight excluding hydrogens is 250 g/mol. The van der Waals surface area contributed by atoms with Gasteiger partial charge in [0.15, 0.2) is 0 Å². The van der Waals surface area contributed by atoms with Gasteiger partial charge in [0.1, 0.15) is 11.3 Å². The van der Waals surface area contributed by atoms with Crippen molar-refractivity contribution in [2.24, 2.45) is 5.41 Å². The summed E-state index contributed by atoms with van der Waals surface area (Å²) in [5.74, 6) is 0.940. The molecule has 110 valence electrons. The Morgan fingerprint density at radius 2 is 1.95 bits per heavy atom. The number of nitrogens with one attached hydrogen (secondary N) is 1. The van der Waals surface area contributed by atoms with E-state index in [-0.39, 0.29) is 17.6 Å². The van der Waals surface area contributed by atoms with Gasteiger partial charge in [-0.15, -0.1) is 0 Å². The van der Waals surface area contributed by atoms with Gasteiger partial charge in [-0.1, -0.05) is 45.9 Å². The van der Waals surface area contributed by atoms with Gasteiger partial charge < -0.3 is 14.5 Å². The molecule has 2 atom stereocenters. The van der Waals surface area contributed by atoms with Crippen LogP contribution in [0.4, 0.5) is 0 Å². The van der Waals surface area contributed by atoms with Crippen LogP contribution in [-0.4, -0.2) is 19.8 Å². The van der Waals surface area contributed by atoms with Crippen LogP contribution in [0, 0.1) is 5.41 Å². The van der Waals surface area contributed by atoms with E-state index in [1.807, 2.05) is 18.2 Å². The number of hydrogen-bond donors (Lipinski definition) is 1. The molecule has 2 unspecified atom stereocenters. The molecule has 0 amide bonds. The van der Waals surface area contributed by atoms with Crippen LogP contribution >= 0.6 is 0 Å². The van der Waals surface area contributed by atoms with Gasteiger partial charge in [-0.2, -0.15) is 0 Å². The van der Waals surface area contributed by atoms with Crippen molar-refractivity contribution >= 4 is 11.0 Å². The minimum atomic E-state index is 0.0283. The van der Waals surface area contributed by atoms with E-state index >= 15 is 0 Å². The minimum Gasteiger partial charge on any atom is -0.459 e. The molecule has 0 radical (unpaired) electrons. The molecule has 2 aromatic rings. The van der Waals surface area contributed by atoms with Crippen molar-refractivity contribution in [3.05, 3.63) is 36.1 Å². The van der Waals surface area contributed by atoms with E-state index in [0.29, 0.717) is 0 Å². The average molecular weight is 275 g/mol. The van der Waals surface area contributed by atoms with Crippen molar-refractivity contribution in [1.82, 2.24) is 5.32 Å². The molecule has 0 bridgehead atoms. The molecule has 0 aliphatic rings. The molecule has 0 aliphatic heterocycles. The summed E-state index contributed by atoms with van der Waals surface area (Å²) >= 11 is 0. The first-order chi connectivity index (χ1) is 9.47. The molecule has 0 aliphatic carbocycles. The summed E-state index contributed by atoms with van der Waals surface area (Å²) in [4.78, 5) is 0. The molecule has 0 saturated heterocycles. The van der Waals surface area contributed by atoms with Gasteiger partial charge in [0.25, 0.3) is 0 Å². The smallest absolute Gasteiger partial charge is 0.134 e. The number of para-hydroxylation sites is 1. The Balaban J connectivity index is 2.41. The summed E-state index contributed by atoms with van der Waals surface area (Å²) in [6.45, 7) is 9.54. The van der Waals surface area contributed by atoms with Crippen molar-refractivity contribution in [2.75, 3.05) is 13.7 Å². The van der Waals surface area contributed by atoms with Crippen LogP contribution in [0.2, 0.25) is 0 Å². The Labute approximate surface area is 121 Å². The summed E-state index contributed by atoms with van der Waals surface area (Å²) in [6, 6.07) is 10.3. The lowest BCUT2D eigenvalue weighted by Gasteiger charge is -2.35.